The molecule has 4 rings (SSSR count). The van der Waals surface area contributed by atoms with Crippen molar-refractivity contribution >= 4 is 12.1 Å². The van der Waals surface area contributed by atoms with Gasteiger partial charge in [-0.2, -0.15) is 5.10 Å². The molecule has 1 amide bonds. The first-order valence-corrected chi connectivity index (χ1v) is 10.3. The third-order valence-electron chi connectivity index (χ3n) is 4.96. The molecule has 3 aromatic carbocycles. The second-order valence-electron chi connectivity index (χ2n) is 7.27. The van der Waals surface area contributed by atoms with Gasteiger partial charge in [0.2, 0.25) is 0 Å². The minimum absolute atomic E-state index is 0.238. The zero-order valence-corrected chi connectivity index (χ0v) is 17.2. The summed E-state index contributed by atoms with van der Waals surface area (Å²) in [6.45, 7) is 4.31. The van der Waals surface area contributed by atoms with E-state index >= 15 is 0 Å². The molecule has 0 unspecified atom stereocenters. The lowest BCUT2D eigenvalue weighted by Gasteiger charge is -2.26. The van der Waals surface area contributed by atoms with Gasteiger partial charge >= 0.3 is 0 Å². The second kappa shape index (κ2) is 10.5. The summed E-state index contributed by atoms with van der Waals surface area (Å²) in [5.74, 6) is 1.29. The summed E-state index contributed by atoms with van der Waals surface area (Å²) in [4.78, 5) is 14.7. The SMILES string of the molecule is O=C(NN=Cc1ccc(Oc2ccccc2)cc1)c1ccc(CN2CCOCC2)cc1. The fourth-order valence-corrected chi connectivity index (χ4v) is 3.26. The molecule has 1 aliphatic rings. The summed E-state index contributed by atoms with van der Waals surface area (Å²) in [6.07, 6.45) is 1.61. The summed E-state index contributed by atoms with van der Waals surface area (Å²) in [7, 11) is 0. The van der Waals surface area contributed by atoms with Crippen molar-refractivity contribution in [2.45, 2.75) is 6.54 Å². The molecule has 0 radical (unpaired) electrons. The Morgan fingerprint density at radius 2 is 1.61 bits per heavy atom. The highest BCUT2D eigenvalue weighted by molar-refractivity contribution is 5.94. The van der Waals surface area contributed by atoms with Crippen LogP contribution in [0.4, 0.5) is 0 Å². The highest BCUT2D eigenvalue weighted by Gasteiger charge is 2.11. The van der Waals surface area contributed by atoms with Gasteiger partial charge in [-0.3, -0.25) is 9.69 Å². The molecule has 0 aromatic heterocycles. The van der Waals surface area contributed by atoms with Crippen molar-refractivity contribution < 1.29 is 14.3 Å². The first-order chi connectivity index (χ1) is 15.3. The molecule has 0 spiro atoms. The largest absolute Gasteiger partial charge is 0.457 e. The van der Waals surface area contributed by atoms with Crippen molar-refractivity contribution in [3.8, 4) is 11.5 Å². The van der Waals surface area contributed by atoms with E-state index in [1.165, 1.54) is 5.56 Å². The molecule has 0 bridgehead atoms. The fourth-order valence-electron chi connectivity index (χ4n) is 3.26. The van der Waals surface area contributed by atoms with Crippen LogP contribution in [0.1, 0.15) is 21.5 Å². The van der Waals surface area contributed by atoms with Crippen LogP contribution in [-0.2, 0) is 11.3 Å². The van der Waals surface area contributed by atoms with Crippen LogP contribution in [0, 0.1) is 0 Å². The first-order valence-electron chi connectivity index (χ1n) is 10.3. The van der Waals surface area contributed by atoms with Gasteiger partial charge in [-0.1, -0.05) is 30.3 Å². The minimum atomic E-state index is -0.238. The molecule has 1 heterocycles. The van der Waals surface area contributed by atoms with E-state index in [2.05, 4.69) is 15.4 Å². The van der Waals surface area contributed by atoms with Crippen molar-refractivity contribution in [1.29, 1.82) is 0 Å². The molecular formula is C25H25N3O3. The van der Waals surface area contributed by atoms with Gasteiger partial charge in [-0.05, 0) is 59.7 Å². The number of nitrogens with zero attached hydrogens (tertiary/aromatic N) is 2. The number of nitrogens with one attached hydrogen (secondary N) is 1. The highest BCUT2D eigenvalue weighted by Crippen LogP contribution is 2.20. The van der Waals surface area contributed by atoms with Gasteiger partial charge in [0.25, 0.3) is 5.91 Å². The summed E-state index contributed by atoms with van der Waals surface area (Å²) in [6, 6.07) is 24.7. The normalized spacial score (nSPS) is 14.5. The molecule has 0 aliphatic carbocycles. The van der Waals surface area contributed by atoms with Gasteiger partial charge < -0.3 is 9.47 Å². The number of morpholine rings is 1. The number of hydrogen-bond acceptors (Lipinski definition) is 5. The molecule has 1 saturated heterocycles. The van der Waals surface area contributed by atoms with Crippen LogP contribution in [0.3, 0.4) is 0 Å². The van der Waals surface area contributed by atoms with Crippen LogP contribution < -0.4 is 10.2 Å². The van der Waals surface area contributed by atoms with Crippen molar-refractivity contribution in [2.75, 3.05) is 26.3 Å². The Kier molecular flexibility index (Phi) is 7.05. The molecule has 6 heteroatoms. The molecular weight excluding hydrogens is 390 g/mol. The Hall–Kier alpha value is -3.48. The molecule has 1 fully saturated rings. The van der Waals surface area contributed by atoms with E-state index in [4.69, 9.17) is 9.47 Å². The van der Waals surface area contributed by atoms with E-state index < -0.39 is 0 Å². The van der Waals surface area contributed by atoms with E-state index in [1.54, 1.807) is 6.21 Å². The number of rotatable bonds is 7. The molecule has 3 aromatic rings. The monoisotopic (exact) mass is 415 g/mol. The second-order valence-corrected chi connectivity index (χ2v) is 7.27. The Balaban J connectivity index is 1.26. The van der Waals surface area contributed by atoms with Crippen molar-refractivity contribution in [2.24, 2.45) is 5.10 Å². The lowest BCUT2D eigenvalue weighted by molar-refractivity contribution is 0.0342. The third-order valence-corrected chi connectivity index (χ3v) is 4.96. The lowest BCUT2D eigenvalue weighted by atomic mass is 10.1. The molecule has 1 N–H and O–H groups in total. The number of carbonyl (C=O) groups excluding carboxylic acids is 1. The van der Waals surface area contributed by atoms with E-state index in [-0.39, 0.29) is 5.91 Å². The third kappa shape index (κ3) is 6.25. The van der Waals surface area contributed by atoms with Crippen LogP contribution in [0.2, 0.25) is 0 Å². The predicted molar refractivity (Wildman–Crippen MR) is 121 cm³/mol. The van der Waals surface area contributed by atoms with E-state index in [0.29, 0.717) is 5.56 Å². The molecule has 1 aliphatic heterocycles. The zero-order valence-electron chi connectivity index (χ0n) is 17.2. The highest BCUT2D eigenvalue weighted by atomic mass is 16.5. The number of hydrazone groups is 1. The number of amides is 1. The Bertz CT molecular complexity index is 996. The van der Waals surface area contributed by atoms with Crippen LogP contribution in [0.25, 0.3) is 0 Å². The first kappa shape index (κ1) is 20.8. The van der Waals surface area contributed by atoms with E-state index in [9.17, 15) is 4.79 Å². The van der Waals surface area contributed by atoms with Crippen LogP contribution in [0.5, 0.6) is 11.5 Å². The minimum Gasteiger partial charge on any atom is -0.457 e. The van der Waals surface area contributed by atoms with Crippen molar-refractivity contribution in [3.63, 3.8) is 0 Å². The van der Waals surface area contributed by atoms with Gasteiger partial charge in [-0.25, -0.2) is 5.43 Å². The Labute approximate surface area is 182 Å². The number of benzene rings is 3. The maximum Gasteiger partial charge on any atom is 0.271 e. The average Bonchev–Trinajstić information content (AvgIpc) is 2.82. The fraction of sp³-hybridized carbons (Fsp3) is 0.200. The molecule has 0 atom stereocenters. The van der Waals surface area contributed by atoms with E-state index in [0.717, 1.165) is 49.9 Å². The summed E-state index contributed by atoms with van der Waals surface area (Å²) >= 11 is 0. The van der Waals surface area contributed by atoms with Gasteiger partial charge in [-0.15, -0.1) is 0 Å². The van der Waals surface area contributed by atoms with Crippen molar-refractivity contribution in [1.82, 2.24) is 10.3 Å². The standard InChI is InChI=1S/C25H25N3O3/c29-25(22-10-6-21(7-11-22)19-28-14-16-30-17-15-28)27-26-18-20-8-12-24(13-9-20)31-23-4-2-1-3-5-23/h1-13,18H,14-17,19H2,(H,27,29). The number of carbonyl (C=O) groups is 1. The molecule has 0 saturated carbocycles. The van der Waals surface area contributed by atoms with E-state index in [1.807, 2.05) is 78.9 Å². The average molecular weight is 415 g/mol. The van der Waals surface area contributed by atoms with Gasteiger partial charge in [0, 0.05) is 25.2 Å². The van der Waals surface area contributed by atoms with Gasteiger partial charge in [0.1, 0.15) is 11.5 Å². The van der Waals surface area contributed by atoms with Crippen LogP contribution >= 0.6 is 0 Å². The summed E-state index contributed by atoms with van der Waals surface area (Å²) in [5.41, 5.74) is 5.20. The Morgan fingerprint density at radius 1 is 0.935 bits per heavy atom. The summed E-state index contributed by atoms with van der Waals surface area (Å²) in [5, 5.41) is 4.06. The van der Waals surface area contributed by atoms with Crippen LogP contribution in [-0.4, -0.2) is 43.3 Å². The van der Waals surface area contributed by atoms with Gasteiger partial charge in [0.05, 0.1) is 19.4 Å². The lowest BCUT2D eigenvalue weighted by Crippen LogP contribution is -2.35. The Morgan fingerprint density at radius 3 is 2.32 bits per heavy atom. The smallest absolute Gasteiger partial charge is 0.271 e. The van der Waals surface area contributed by atoms with Crippen molar-refractivity contribution in [3.05, 3.63) is 95.6 Å². The topological polar surface area (TPSA) is 63.2 Å². The number of para-hydroxylation sites is 1. The molecule has 31 heavy (non-hydrogen) atoms. The van der Waals surface area contributed by atoms with Gasteiger partial charge in [0.15, 0.2) is 0 Å². The predicted octanol–water partition coefficient (Wildman–Crippen LogP) is 4.08. The number of hydrogen-bond donors (Lipinski definition) is 1. The summed E-state index contributed by atoms with van der Waals surface area (Å²) < 4.78 is 11.1. The maximum atomic E-state index is 12.3. The van der Waals surface area contributed by atoms with Crippen LogP contribution in [0.15, 0.2) is 84.0 Å². The number of ether oxygens (including phenoxy) is 2. The quantitative estimate of drug-likeness (QED) is 0.467. The zero-order chi connectivity index (χ0) is 21.3. The molecule has 158 valence electrons. The molecule has 6 nitrogen and oxygen atoms in total. The maximum absolute atomic E-state index is 12.3.